The Morgan fingerprint density at radius 3 is 1.64 bits per heavy atom. The van der Waals surface area contributed by atoms with Crippen LogP contribution in [-0.2, 0) is 13.2 Å². The lowest BCUT2D eigenvalue weighted by Gasteiger charge is -2.10. The smallest absolute Gasteiger partial charge is 0.345 e. The van der Waals surface area contributed by atoms with Gasteiger partial charge in [0.25, 0.3) is 0 Å². The van der Waals surface area contributed by atoms with Crippen molar-refractivity contribution in [2.24, 2.45) is 0 Å². The maximum absolute atomic E-state index is 12.5. The van der Waals surface area contributed by atoms with Crippen LogP contribution in [0, 0.1) is 0 Å². The highest BCUT2D eigenvalue weighted by Crippen LogP contribution is 2.19. The molecule has 4 rings (SSSR count). The highest BCUT2D eigenvalue weighted by atomic mass is 16.6. The normalized spacial score (nSPS) is 10.3. The molecule has 8 nitrogen and oxygen atoms in total. The minimum Gasteiger partial charge on any atom is -0.497 e. The number of methoxy groups -OCH3 is 1. The molecular weight excluding hydrogens is 422 g/mol. The first kappa shape index (κ1) is 21.8. The molecule has 1 aromatic heterocycles. The number of carbonyl (C=O) groups is 1. The van der Waals surface area contributed by atoms with Crippen molar-refractivity contribution in [1.29, 1.82) is 0 Å². The Kier molecular flexibility index (Phi) is 7.07. The van der Waals surface area contributed by atoms with Crippen molar-refractivity contribution >= 4 is 5.97 Å². The van der Waals surface area contributed by atoms with Crippen molar-refractivity contribution in [2.75, 3.05) is 7.11 Å². The summed E-state index contributed by atoms with van der Waals surface area (Å²) in [5.41, 5.74) is 2.18. The third-order valence-electron chi connectivity index (χ3n) is 4.51. The van der Waals surface area contributed by atoms with E-state index < -0.39 is 5.97 Å². The third-order valence-corrected chi connectivity index (χ3v) is 4.51. The number of esters is 1. The van der Waals surface area contributed by atoms with Gasteiger partial charge in [-0.3, -0.25) is 0 Å². The molecular formula is C25H21N3O5. The number of ether oxygens (including phenoxy) is 4. The van der Waals surface area contributed by atoms with Gasteiger partial charge < -0.3 is 18.9 Å². The summed E-state index contributed by atoms with van der Waals surface area (Å²) in [7, 11) is 1.55. The molecule has 0 radical (unpaired) electrons. The number of benzene rings is 3. The number of hydrogen-bond donors (Lipinski definition) is 0. The first-order chi connectivity index (χ1) is 16.2. The van der Waals surface area contributed by atoms with Crippen molar-refractivity contribution in [2.45, 2.75) is 13.2 Å². The van der Waals surface area contributed by atoms with E-state index in [1.54, 1.807) is 31.4 Å². The Hall–Kier alpha value is -4.46. The number of hydrogen-bond acceptors (Lipinski definition) is 8. The molecule has 0 saturated heterocycles. The molecule has 0 aliphatic carbocycles. The summed E-state index contributed by atoms with van der Waals surface area (Å²) in [4.78, 5) is 25.0. The molecule has 4 aromatic rings. The van der Waals surface area contributed by atoms with Crippen molar-refractivity contribution in [1.82, 2.24) is 15.0 Å². The fourth-order valence-corrected chi connectivity index (χ4v) is 2.81. The molecule has 0 atom stereocenters. The van der Waals surface area contributed by atoms with Gasteiger partial charge in [0.15, 0.2) is 0 Å². The molecule has 0 saturated carbocycles. The van der Waals surface area contributed by atoms with Crippen LogP contribution in [0.4, 0.5) is 0 Å². The van der Waals surface area contributed by atoms with Crippen LogP contribution in [0.3, 0.4) is 0 Å². The average Bonchev–Trinajstić information content (AvgIpc) is 2.87. The number of rotatable bonds is 9. The van der Waals surface area contributed by atoms with E-state index in [-0.39, 0.29) is 31.2 Å². The van der Waals surface area contributed by atoms with Crippen LogP contribution < -0.4 is 18.9 Å². The summed E-state index contributed by atoms with van der Waals surface area (Å²) in [6.45, 7) is 0.462. The molecule has 0 bridgehead atoms. The molecule has 0 aliphatic rings. The average molecular weight is 443 g/mol. The lowest BCUT2D eigenvalue weighted by molar-refractivity contribution is 0.0714. The summed E-state index contributed by atoms with van der Waals surface area (Å²) in [5, 5.41) is 0. The maximum atomic E-state index is 12.5. The molecule has 0 unspecified atom stereocenters. The van der Waals surface area contributed by atoms with Crippen LogP contribution in [0.25, 0.3) is 0 Å². The van der Waals surface area contributed by atoms with Gasteiger partial charge in [-0.25, -0.2) is 4.79 Å². The summed E-state index contributed by atoms with van der Waals surface area (Å²) in [6.07, 6.45) is 0. The van der Waals surface area contributed by atoms with Crippen molar-refractivity contribution in [3.8, 4) is 23.8 Å². The van der Waals surface area contributed by atoms with Gasteiger partial charge in [-0.05, 0) is 35.4 Å². The molecule has 8 heteroatoms. The molecule has 0 spiro atoms. The van der Waals surface area contributed by atoms with Crippen LogP contribution in [0.5, 0.6) is 23.8 Å². The highest BCUT2D eigenvalue weighted by molar-refractivity contribution is 5.90. The Balaban J connectivity index is 1.52. The van der Waals surface area contributed by atoms with Gasteiger partial charge in [-0.1, -0.05) is 60.7 Å². The van der Waals surface area contributed by atoms with E-state index in [1.165, 1.54) is 0 Å². The number of aromatic nitrogens is 3. The number of nitrogens with zero attached hydrogens (tertiary/aromatic N) is 3. The van der Waals surface area contributed by atoms with Crippen LogP contribution >= 0.6 is 0 Å². The molecule has 0 fully saturated rings. The quantitative estimate of drug-likeness (QED) is 0.354. The van der Waals surface area contributed by atoms with Crippen LogP contribution in [0.1, 0.15) is 21.5 Å². The Morgan fingerprint density at radius 2 is 1.15 bits per heavy atom. The highest BCUT2D eigenvalue weighted by Gasteiger charge is 2.16. The van der Waals surface area contributed by atoms with Gasteiger partial charge in [0, 0.05) is 0 Å². The van der Waals surface area contributed by atoms with Gasteiger partial charge >= 0.3 is 24.0 Å². The second kappa shape index (κ2) is 10.7. The topological polar surface area (TPSA) is 92.7 Å². The van der Waals surface area contributed by atoms with E-state index in [0.717, 1.165) is 11.1 Å². The molecule has 0 aliphatic heterocycles. The lowest BCUT2D eigenvalue weighted by Crippen LogP contribution is -2.13. The van der Waals surface area contributed by atoms with Gasteiger partial charge in [0.1, 0.15) is 19.0 Å². The summed E-state index contributed by atoms with van der Waals surface area (Å²) < 4.78 is 21.9. The predicted octanol–water partition coefficient (Wildman–Crippen LogP) is 4.26. The van der Waals surface area contributed by atoms with Crippen molar-refractivity contribution in [3.05, 3.63) is 102 Å². The fourth-order valence-electron chi connectivity index (χ4n) is 2.81. The zero-order valence-electron chi connectivity index (χ0n) is 17.9. The van der Waals surface area contributed by atoms with Crippen LogP contribution in [0.15, 0.2) is 84.9 Å². The SMILES string of the molecule is COc1ccc(C(=O)Oc2nc(OCc3ccccc3)nc(OCc3ccccc3)n2)cc1. The second-order valence-electron chi connectivity index (χ2n) is 6.85. The Morgan fingerprint density at radius 1 is 0.667 bits per heavy atom. The van der Waals surface area contributed by atoms with E-state index in [0.29, 0.717) is 11.3 Å². The Bertz CT molecular complexity index is 1120. The molecule has 0 N–H and O–H groups in total. The van der Waals surface area contributed by atoms with Crippen LogP contribution in [-0.4, -0.2) is 28.0 Å². The van der Waals surface area contributed by atoms with Gasteiger partial charge in [-0.15, -0.1) is 15.0 Å². The van der Waals surface area contributed by atoms with Gasteiger partial charge in [-0.2, -0.15) is 0 Å². The van der Waals surface area contributed by atoms with Gasteiger partial charge in [0.05, 0.1) is 12.7 Å². The molecule has 33 heavy (non-hydrogen) atoms. The second-order valence-corrected chi connectivity index (χ2v) is 6.85. The molecule has 0 amide bonds. The van der Waals surface area contributed by atoms with Crippen molar-refractivity contribution in [3.63, 3.8) is 0 Å². The lowest BCUT2D eigenvalue weighted by atomic mass is 10.2. The molecule has 1 heterocycles. The van der Waals surface area contributed by atoms with E-state index in [1.807, 2.05) is 60.7 Å². The summed E-state index contributed by atoms with van der Waals surface area (Å²) >= 11 is 0. The first-order valence-corrected chi connectivity index (χ1v) is 10.2. The summed E-state index contributed by atoms with van der Waals surface area (Å²) in [5.74, 6) is -0.00761. The first-order valence-electron chi connectivity index (χ1n) is 10.2. The zero-order chi connectivity index (χ0) is 22.9. The fraction of sp³-hybridized carbons (Fsp3) is 0.120. The maximum Gasteiger partial charge on any atom is 0.345 e. The summed E-state index contributed by atoms with van der Waals surface area (Å²) in [6, 6.07) is 25.3. The van der Waals surface area contributed by atoms with Crippen molar-refractivity contribution < 1.29 is 23.7 Å². The largest absolute Gasteiger partial charge is 0.497 e. The van der Waals surface area contributed by atoms with E-state index in [4.69, 9.17) is 18.9 Å². The van der Waals surface area contributed by atoms with E-state index in [9.17, 15) is 4.79 Å². The van der Waals surface area contributed by atoms with Crippen LogP contribution in [0.2, 0.25) is 0 Å². The molecule has 3 aromatic carbocycles. The predicted molar refractivity (Wildman–Crippen MR) is 119 cm³/mol. The van der Waals surface area contributed by atoms with E-state index >= 15 is 0 Å². The standard InChI is InChI=1S/C25H21N3O5/c1-30-21-14-12-20(13-15-21)22(29)33-25-27-23(31-16-18-8-4-2-5-9-18)26-24(28-25)32-17-19-10-6-3-7-11-19/h2-15H,16-17H2,1H3. The Labute approximate surface area is 190 Å². The van der Waals surface area contributed by atoms with Gasteiger partial charge in [0.2, 0.25) is 0 Å². The minimum absolute atomic E-state index is 0.0190. The number of carbonyl (C=O) groups excluding carboxylic acids is 1. The minimum atomic E-state index is -0.633. The van der Waals surface area contributed by atoms with E-state index in [2.05, 4.69) is 15.0 Å². The third kappa shape index (κ3) is 6.27. The monoisotopic (exact) mass is 443 g/mol. The molecule has 166 valence electrons. The zero-order valence-corrected chi connectivity index (χ0v) is 17.9.